The second kappa shape index (κ2) is 7.25. The van der Waals surface area contributed by atoms with Gasteiger partial charge in [0.05, 0.1) is 12.7 Å². The predicted molar refractivity (Wildman–Crippen MR) is 79.3 cm³/mol. The number of benzene rings is 1. The van der Waals surface area contributed by atoms with E-state index in [1.807, 2.05) is 24.3 Å². The lowest BCUT2D eigenvalue weighted by atomic mass is 9.89. The minimum atomic E-state index is -0.928. The van der Waals surface area contributed by atoms with Gasteiger partial charge in [-0.25, -0.2) is 4.79 Å². The molecule has 20 heavy (non-hydrogen) atoms. The summed E-state index contributed by atoms with van der Waals surface area (Å²) < 4.78 is 5.96. The smallest absolute Gasteiger partial charge is 0.328 e. The molecule has 2 rings (SSSR count). The van der Waals surface area contributed by atoms with Crippen molar-refractivity contribution in [1.29, 1.82) is 0 Å². The second-order valence-corrected chi connectivity index (χ2v) is 5.61. The van der Waals surface area contributed by atoms with Gasteiger partial charge < -0.3 is 9.84 Å². The first kappa shape index (κ1) is 14.8. The van der Waals surface area contributed by atoms with Gasteiger partial charge >= 0.3 is 5.97 Å². The first-order chi connectivity index (χ1) is 9.63. The predicted octanol–water partition coefficient (Wildman–Crippen LogP) is 3.88. The average Bonchev–Trinajstić information content (AvgIpc) is 2.45. The first-order valence-electron chi connectivity index (χ1n) is 7.25. The number of rotatable bonds is 5. The summed E-state index contributed by atoms with van der Waals surface area (Å²) >= 11 is 0. The van der Waals surface area contributed by atoms with Gasteiger partial charge in [-0.3, -0.25) is 0 Å². The molecule has 0 unspecified atom stereocenters. The third-order valence-corrected chi connectivity index (χ3v) is 3.82. The van der Waals surface area contributed by atoms with E-state index in [1.54, 1.807) is 6.08 Å². The number of carboxylic acid groups (broad SMARTS) is 1. The van der Waals surface area contributed by atoms with Crippen LogP contribution in [0.25, 0.3) is 6.08 Å². The fourth-order valence-electron chi connectivity index (χ4n) is 2.56. The summed E-state index contributed by atoms with van der Waals surface area (Å²) in [6.07, 6.45) is 7.96. The topological polar surface area (TPSA) is 46.5 Å². The highest BCUT2D eigenvalue weighted by Gasteiger charge is 2.18. The second-order valence-electron chi connectivity index (χ2n) is 5.61. The van der Waals surface area contributed by atoms with Gasteiger partial charge in [-0.15, -0.1) is 0 Å². The highest BCUT2D eigenvalue weighted by molar-refractivity contribution is 5.85. The minimum Gasteiger partial charge on any atom is -0.478 e. The average molecular weight is 274 g/mol. The van der Waals surface area contributed by atoms with Crippen molar-refractivity contribution in [2.24, 2.45) is 5.92 Å². The molecule has 0 amide bonds. The number of carboxylic acids is 1. The van der Waals surface area contributed by atoms with E-state index >= 15 is 0 Å². The molecule has 108 valence electrons. The van der Waals surface area contributed by atoms with E-state index in [9.17, 15) is 4.79 Å². The van der Waals surface area contributed by atoms with Crippen molar-refractivity contribution in [2.75, 3.05) is 0 Å². The van der Waals surface area contributed by atoms with Crippen LogP contribution in [0.3, 0.4) is 0 Å². The number of hydrogen-bond acceptors (Lipinski definition) is 2. The van der Waals surface area contributed by atoms with Crippen LogP contribution in [-0.4, -0.2) is 17.2 Å². The fourth-order valence-corrected chi connectivity index (χ4v) is 2.56. The minimum absolute atomic E-state index is 0.379. The molecule has 3 heteroatoms. The Morgan fingerprint density at radius 2 is 2.10 bits per heavy atom. The maximum atomic E-state index is 10.5. The van der Waals surface area contributed by atoms with E-state index in [0.717, 1.165) is 36.0 Å². The molecule has 0 spiro atoms. The van der Waals surface area contributed by atoms with Gasteiger partial charge in [0.15, 0.2) is 0 Å². The van der Waals surface area contributed by atoms with Gasteiger partial charge in [0, 0.05) is 6.08 Å². The van der Waals surface area contributed by atoms with Crippen molar-refractivity contribution in [3.63, 3.8) is 0 Å². The summed E-state index contributed by atoms with van der Waals surface area (Å²) in [5.41, 5.74) is 1.99. The van der Waals surface area contributed by atoms with Crippen molar-refractivity contribution in [2.45, 2.75) is 45.3 Å². The summed E-state index contributed by atoms with van der Waals surface area (Å²) in [7, 11) is 0. The number of hydrogen-bond donors (Lipinski definition) is 1. The van der Waals surface area contributed by atoms with Crippen LogP contribution in [0.2, 0.25) is 0 Å². The van der Waals surface area contributed by atoms with E-state index in [2.05, 4.69) is 6.92 Å². The molecular formula is C17H22O3. The monoisotopic (exact) mass is 274 g/mol. The highest BCUT2D eigenvalue weighted by atomic mass is 16.5. The Labute approximate surface area is 120 Å². The van der Waals surface area contributed by atoms with Crippen LogP contribution in [0.15, 0.2) is 30.3 Å². The molecule has 1 aromatic carbocycles. The normalized spacial score (nSPS) is 23.1. The van der Waals surface area contributed by atoms with E-state index < -0.39 is 5.97 Å². The zero-order valence-corrected chi connectivity index (χ0v) is 11.9. The summed E-state index contributed by atoms with van der Waals surface area (Å²) in [5, 5.41) is 8.63. The largest absolute Gasteiger partial charge is 0.478 e. The van der Waals surface area contributed by atoms with Crippen LogP contribution in [0, 0.1) is 5.92 Å². The summed E-state index contributed by atoms with van der Waals surface area (Å²) in [6.45, 7) is 2.91. The summed E-state index contributed by atoms with van der Waals surface area (Å²) in [4.78, 5) is 10.5. The molecule has 1 fully saturated rings. The van der Waals surface area contributed by atoms with Gasteiger partial charge in [-0.05, 0) is 54.9 Å². The molecular weight excluding hydrogens is 252 g/mol. The lowest BCUT2D eigenvalue weighted by molar-refractivity contribution is -0.131. The molecule has 0 atom stereocenters. The lowest BCUT2D eigenvalue weighted by Crippen LogP contribution is -2.20. The van der Waals surface area contributed by atoms with Crippen molar-refractivity contribution in [3.05, 3.63) is 41.5 Å². The first-order valence-corrected chi connectivity index (χ1v) is 7.25. The van der Waals surface area contributed by atoms with E-state index in [1.165, 1.54) is 12.8 Å². The fraction of sp³-hybridized carbons (Fsp3) is 0.471. The van der Waals surface area contributed by atoms with Gasteiger partial charge in [-0.1, -0.05) is 25.1 Å². The van der Waals surface area contributed by atoms with Crippen LogP contribution < -0.4 is 0 Å². The molecule has 0 aliphatic heterocycles. The van der Waals surface area contributed by atoms with Gasteiger partial charge in [0.1, 0.15) is 0 Å². The molecule has 3 nitrogen and oxygen atoms in total. The molecule has 0 aromatic heterocycles. The number of carbonyl (C=O) groups is 1. The Bertz CT molecular complexity index is 471. The lowest BCUT2D eigenvalue weighted by Gasteiger charge is -2.26. The maximum Gasteiger partial charge on any atom is 0.328 e. The molecule has 0 saturated heterocycles. The quantitative estimate of drug-likeness (QED) is 0.829. The van der Waals surface area contributed by atoms with Crippen LogP contribution in [-0.2, 0) is 16.1 Å². The summed E-state index contributed by atoms with van der Waals surface area (Å²) in [5.74, 6) is -0.0951. The van der Waals surface area contributed by atoms with E-state index in [-0.39, 0.29) is 0 Å². The van der Waals surface area contributed by atoms with Crippen molar-refractivity contribution in [1.82, 2.24) is 0 Å². The molecule has 1 saturated carbocycles. The van der Waals surface area contributed by atoms with Crippen LogP contribution in [0.4, 0.5) is 0 Å². The maximum absolute atomic E-state index is 10.5. The molecule has 0 radical (unpaired) electrons. The zero-order chi connectivity index (χ0) is 14.4. The molecule has 1 aliphatic rings. The third-order valence-electron chi connectivity index (χ3n) is 3.82. The Kier molecular flexibility index (Phi) is 5.36. The molecule has 1 N–H and O–H groups in total. The zero-order valence-electron chi connectivity index (χ0n) is 11.9. The van der Waals surface area contributed by atoms with E-state index in [0.29, 0.717) is 12.7 Å². The Morgan fingerprint density at radius 3 is 2.80 bits per heavy atom. The highest BCUT2D eigenvalue weighted by Crippen LogP contribution is 2.26. The Morgan fingerprint density at radius 1 is 1.35 bits per heavy atom. The van der Waals surface area contributed by atoms with Gasteiger partial charge in [0.2, 0.25) is 0 Å². The molecule has 0 bridgehead atoms. The van der Waals surface area contributed by atoms with Crippen molar-refractivity contribution >= 4 is 12.0 Å². The van der Waals surface area contributed by atoms with Crippen molar-refractivity contribution < 1.29 is 14.6 Å². The number of aliphatic carboxylic acids is 1. The van der Waals surface area contributed by atoms with Crippen molar-refractivity contribution in [3.8, 4) is 0 Å². The molecule has 1 aromatic rings. The molecule has 1 aliphatic carbocycles. The van der Waals surface area contributed by atoms with Crippen LogP contribution in [0.1, 0.15) is 43.7 Å². The summed E-state index contributed by atoms with van der Waals surface area (Å²) in [6, 6.07) is 7.82. The molecule has 0 heterocycles. The van der Waals surface area contributed by atoms with Crippen LogP contribution >= 0.6 is 0 Å². The SMILES string of the molecule is CC1CCC(OCc2cccc(C=CC(=O)O)c2)CC1. The standard InChI is InChI=1S/C17H22O3/c1-13-5-8-16(9-6-13)20-12-15-4-2-3-14(11-15)7-10-17(18)19/h2-4,7,10-11,13,16H,5-6,8-9,12H2,1H3,(H,18,19). The number of ether oxygens (including phenoxy) is 1. The third kappa shape index (κ3) is 4.82. The van der Waals surface area contributed by atoms with E-state index in [4.69, 9.17) is 9.84 Å². The Hall–Kier alpha value is -1.61. The van der Waals surface area contributed by atoms with Crippen LogP contribution in [0.5, 0.6) is 0 Å². The van der Waals surface area contributed by atoms with Gasteiger partial charge in [0.25, 0.3) is 0 Å². The van der Waals surface area contributed by atoms with Gasteiger partial charge in [-0.2, -0.15) is 0 Å². The Balaban J connectivity index is 1.86.